The minimum absolute atomic E-state index is 0.0656. The topological polar surface area (TPSA) is 58.6 Å². The number of hydrogen-bond acceptors (Lipinski definition) is 3. The number of para-hydroxylation sites is 1. The van der Waals surface area contributed by atoms with Crippen molar-refractivity contribution in [1.29, 1.82) is 0 Å². The van der Waals surface area contributed by atoms with Crippen molar-refractivity contribution in [3.8, 4) is 5.75 Å². The lowest BCUT2D eigenvalue weighted by Crippen LogP contribution is -2.28. The number of aliphatic hydroxyl groups excluding tert-OH is 1. The number of carbonyl (C=O) groups is 1. The van der Waals surface area contributed by atoms with Gasteiger partial charge in [-0.1, -0.05) is 48.5 Å². The molecular formula is C16H17NO3. The van der Waals surface area contributed by atoms with Crippen LogP contribution in [0.4, 0.5) is 0 Å². The molecule has 104 valence electrons. The van der Waals surface area contributed by atoms with Gasteiger partial charge in [-0.25, -0.2) is 0 Å². The van der Waals surface area contributed by atoms with E-state index in [0.717, 1.165) is 5.56 Å². The molecule has 0 unspecified atom stereocenters. The van der Waals surface area contributed by atoms with Crippen LogP contribution in [0.1, 0.15) is 11.1 Å². The molecule has 4 heteroatoms. The van der Waals surface area contributed by atoms with Crippen molar-refractivity contribution >= 4 is 5.91 Å². The summed E-state index contributed by atoms with van der Waals surface area (Å²) >= 11 is 0. The molecule has 4 nitrogen and oxygen atoms in total. The highest BCUT2D eigenvalue weighted by Crippen LogP contribution is 2.17. The molecule has 0 aliphatic heterocycles. The molecule has 0 heterocycles. The summed E-state index contributed by atoms with van der Waals surface area (Å²) in [5.74, 6) is 0.339. The lowest BCUT2D eigenvalue weighted by atomic mass is 10.2. The minimum atomic E-state index is -0.193. The SMILES string of the molecule is O=C(COc1ccccc1CO)NCc1ccccc1. The zero-order valence-corrected chi connectivity index (χ0v) is 11.1. The summed E-state index contributed by atoms with van der Waals surface area (Å²) in [6.07, 6.45) is 0. The fourth-order valence-corrected chi connectivity index (χ4v) is 1.77. The Morgan fingerprint density at radius 3 is 2.50 bits per heavy atom. The third kappa shape index (κ3) is 4.10. The van der Waals surface area contributed by atoms with Crippen LogP contribution in [0.3, 0.4) is 0 Å². The smallest absolute Gasteiger partial charge is 0.258 e. The quantitative estimate of drug-likeness (QED) is 0.843. The van der Waals surface area contributed by atoms with Crippen LogP contribution in [0.25, 0.3) is 0 Å². The van der Waals surface area contributed by atoms with Crippen molar-refractivity contribution in [3.05, 3.63) is 65.7 Å². The van der Waals surface area contributed by atoms with Crippen molar-refractivity contribution < 1.29 is 14.6 Å². The van der Waals surface area contributed by atoms with Gasteiger partial charge in [-0.05, 0) is 11.6 Å². The molecule has 0 aliphatic rings. The van der Waals surface area contributed by atoms with Gasteiger partial charge >= 0.3 is 0 Å². The summed E-state index contributed by atoms with van der Waals surface area (Å²) in [6.45, 7) is 0.302. The summed E-state index contributed by atoms with van der Waals surface area (Å²) < 4.78 is 5.41. The molecule has 0 aromatic heterocycles. The van der Waals surface area contributed by atoms with Gasteiger partial charge < -0.3 is 15.2 Å². The number of carbonyl (C=O) groups excluding carboxylic acids is 1. The van der Waals surface area contributed by atoms with Gasteiger partial charge in [-0.2, -0.15) is 0 Å². The van der Waals surface area contributed by atoms with Crippen molar-refractivity contribution in [2.24, 2.45) is 0 Å². The summed E-state index contributed by atoms with van der Waals surface area (Å²) in [5.41, 5.74) is 1.71. The maximum Gasteiger partial charge on any atom is 0.258 e. The third-order valence-electron chi connectivity index (χ3n) is 2.83. The average Bonchev–Trinajstić information content (AvgIpc) is 2.52. The Kier molecular flexibility index (Phi) is 5.15. The van der Waals surface area contributed by atoms with Crippen molar-refractivity contribution in [2.75, 3.05) is 6.61 Å². The molecule has 0 spiro atoms. The van der Waals surface area contributed by atoms with Crippen LogP contribution in [0.5, 0.6) is 5.75 Å². The van der Waals surface area contributed by atoms with E-state index < -0.39 is 0 Å². The van der Waals surface area contributed by atoms with E-state index in [2.05, 4.69) is 5.32 Å². The fourth-order valence-electron chi connectivity index (χ4n) is 1.77. The monoisotopic (exact) mass is 271 g/mol. The average molecular weight is 271 g/mol. The van der Waals surface area contributed by atoms with Gasteiger partial charge in [0.05, 0.1) is 6.61 Å². The van der Waals surface area contributed by atoms with Crippen LogP contribution in [0.2, 0.25) is 0 Å². The van der Waals surface area contributed by atoms with E-state index in [-0.39, 0.29) is 19.1 Å². The number of rotatable bonds is 6. The maximum absolute atomic E-state index is 11.7. The molecular weight excluding hydrogens is 254 g/mol. The number of hydrogen-bond donors (Lipinski definition) is 2. The molecule has 1 amide bonds. The first kappa shape index (κ1) is 14.1. The van der Waals surface area contributed by atoms with Gasteiger partial charge in [0.15, 0.2) is 6.61 Å². The highest BCUT2D eigenvalue weighted by atomic mass is 16.5. The van der Waals surface area contributed by atoms with Crippen LogP contribution < -0.4 is 10.1 Å². The molecule has 0 atom stereocenters. The van der Waals surface area contributed by atoms with Gasteiger partial charge in [0.2, 0.25) is 0 Å². The van der Waals surface area contributed by atoms with Crippen molar-refractivity contribution in [3.63, 3.8) is 0 Å². The van der Waals surface area contributed by atoms with E-state index in [1.807, 2.05) is 36.4 Å². The standard InChI is InChI=1S/C16H17NO3/c18-11-14-8-4-5-9-15(14)20-12-16(19)17-10-13-6-2-1-3-7-13/h1-9,18H,10-12H2,(H,17,19). The Labute approximate surface area is 118 Å². The number of aliphatic hydroxyl groups is 1. The van der Waals surface area contributed by atoms with E-state index >= 15 is 0 Å². The van der Waals surface area contributed by atoms with E-state index in [1.54, 1.807) is 18.2 Å². The molecule has 0 aliphatic carbocycles. The molecule has 0 saturated heterocycles. The number of benzene rings is 2. The molecule has 0 saturated carbocycles. The van der Waals surface area contributed by atoms with E-state index in [1.165, 1.54) is 0 Å². The predicted octanol–water partition coefficient (Wildman–Crippen LogP) is 1.87. The molecule has 0 radical (unpaired) electrons. The second-order valence-corrected chi connectivity index (χ2v) is 4.32. The molecule has 2 rings (SSSR count). The Bertz CT molecular complexity index is 555. The summed E-state index contributed by atoms with van der Waals surface area (Å²) in [7, 11) is 0. The Hall–Kier alpha value is -2.33. The van der Waals surface area contributed by atoms with Gasteiger partial charge in [-0.3, -0.25) is 4.79 Å². The molecule has 0 fully saturated rings. The second kappa shape index (κ2) is 7.31. The summed E-state index contributed by atoms with van der Waals surface area (Å²) in [4.78, 5) is 11.7. The number of nitrogens with one attached hydrogen (secondary N) is 1. The van der Waals surface area contributed by atoms with Gasteiger partial charge in [0.1, 0.15) is 5.75 Å². The van der Waals surface area contributed by atoms with E-state index in [4.69, 9.17) is 9.84 Å². The Balaban J connectivity index is 1.80. The van der Waals surface area contributed by atoms with Crippen LogP contribution in [0, 0.1) is 0 Å². The van der Waals surface area contributed by atoms with E-state index in [0.29, 0.717) is 17.9 Å². The largest absolute Gasteiger partial charge is 0.483 e. The van der Waals surface area contributed by atoms with Crippen LogP contribution >= 0.6 is 0 Å². The van der Waals surface area contributed by atoms with Gasteiger partial charge in [-0.15, -0.1) is 0 Å². The molecule has 2 N–H and O–H groups in total. The van der Waals surface area contributed by atoms with Crippen molar-refractivity contribution in [1.82, 2.24) is 5.32 Å². The zero-order chi connectivity index (χ0) is 14.2. The maximum atomic E-state index is 11.7. The Morgan fingerprint density at radius 2 is 1.75 bits per heavy atom. The molecule has 0 bridgehead atoms. The summed E-state index contributed by atoms with van der Waals surface area (Å²) in [6, 6.07) is 16.8. The van der Waals surface area contributed by atoms with Crippen LogP contribution in [0.15, 0.2) is 54.6 Å². The van der Waals surface area contributed by atoms with Gasteiger partial charge in [0.25, 0.3) is 5.91 Å². The summed E-state index contributed by atoms with van der Waals surface area (Å²) in [5, 5.41) is 11.9. The fraction of sp³-hybridized carbons (Fsp3) is 0.188. The molecule has 2 aromatic rings. The van der Waals surface area contributed by atoms with Crippen LogP contribution in [-0.4, -0.2) is 17.6 Å². The first-order valence-electron chi connectivity index (χ1n) is 6.42. The lowest BCUT2D eigenvalue weighted by Gasteiger charge is -2.10. The van der Waals surface area contributed by atoms with Crippen LogP contribution in [-0.2, 0) is 17.9 Å². The normalized spacial score (nSPS) is 10.1. The first-order chi connectivity index (χ1) is 9.79. The highest BCUT2D eigenvalue weighted by Gasteiger charge is 2.05. The number of ether oxygens (including phenoxy) is 1. The van der Waals surface area contributed by atoms with E-state index in [9.17, 15) is 4.79 Å². The second-order valence-electron chi connectivity index (χ2n) is 4.32. The minimum Gasteiger partial charge on any atom is -0.483 e. The van der Waals surface area contributed by atoms with Gasteiger partial charge in [0, 0.05) is 12.1 Å². The lowest BCUT2D eigenvalue weighted by molar-refractivity contribution is -0.123. The molecule has 20 heavy (non-hydrogen) atoms. The third-order valence-corrected chi connectivity index (χ3v) is 2.83. The highest BCUT2D eigenvalue weighted by molar-refractivity contribution is 5.77. The van der Waals surface area contributed by atoms with Crippen molar-refractivity contribution in [2.45, 2.75) is 13.2 Å². The Morgan fingerprint density at radius 1 is 1.05 bits per heavy atom. The molecule has 2 aromatic carbocycles. The first-order valence-corrected chi connectivity index (χ1v) is 6.42. The number of amides is 1. The predicted molar refractivity (Wildman–Crippen MR) is 76.1 cm³/mol. The zero-order valence-electron chi connectivity index (χ0n) is 11.1.